The topological polar surface area (TPSA) is 115 Å². The summed E-state index contributed by atoms with van der Waals surface area (Å²) in [5.74, 6) is 1.20. The molecule has 4 N–H and O–H groups in total. The van der Waals surface area contributed by atoms with Crippen molar-refractivity contribution in [1.29, 1.82) is 0 Å². The summed E-state index contributed by atoms with van der Waals surface area (Å²) in [5, 5.41) is 14.8. The van der Waals surface area contributed by atoms with E-state index in [1.807, 2.05) is 6.07 Å². The standard InChI is InChI=1S/C31H44N10OS/c1-3-4-13-35-29-37-30(41-20-18-33-16-14-32-15-17-34-19-21-41)39-31(38-29)42-23-22-40(2)25-11-9-24(10-12-25)28-36-26-7-5-6-8-27(26)43-28/h5-12,32-34H,3-4,13-23H2,1-2H3,(H,35,37,38,39). The molecule has 0 unspecified atom stereocenters. The van der Waals surface area contributed by atoms with E-state index in [4.69, 9.17) is 19.7 Å². The number of anilines is 3. The van der Waals surface area contributed by atoms with Crippen LogP contribution < -0.4 is 35.8 Å². The summed E-state index contributed by atoms with van der Waals surface area (Å²) in [6.45, 7) is 11.2. The normalized spacial score (nSPS) is 15.1. The molecule has 4 aromatic rings. The van der Waals surface area contributed by atoms with Crippen molar-refractivity contribution >= 4 is 39.1 Å². The Morgan fingerprint density at radius 1 is 0.884 bits per heavy atom. The summed E-state index contributed by atoms with van der Waals surface area (Å²) >= 11 is 1.72. The summed E-state index contributed by atoms with van der Waals surface area (Å²) in [6.07, 6.45) is 2.14. The van der Waals surface area contributed by atoms with Gasteiger partial charge in [-0.05, 0) is 42.8 Å². The van der Waals surface area contributed by atoms with Crippen LogP contribution in [0.4, 0.5) is 17.6 Å². The molecule has 1 aliphatic heterocycles. The van der Waals surface area contributed by atoms with Crippen LogP contribution in [-0.2, 0) is 0 Å². The van der Waals surface area contributed by atoms with E-state index in [0.29, 0.717) is 31.1 Å². The molecule has 1 fully saturated rings. The summed E-state index contributed by atoms with van der Waals surface area (Å²) in [4.78, 5) is 23.3. The van der Waals surface area contributed by atoms with Gasteiger partial charge in [0.25, 0.3) is 0 Å². The highest BCUT2D eigenvalue weighted by molar-refractivity contribution is 7.21. The first kappa shape index (κ1) is 30.9. The molecule has 5 rings (SSSR count). The molecule has 0 bridgehead atoms. The molecular weight excluding hydrogens is 560 g/mol. The van der Waals surface area contributed by atoms with Gasteiger partial charge in [0.2, 0.25) is 11.9 Å². The molecule has 0 saturated carbocycles. The summed E-state index contributed by atoms with van der Waals surface area (Å²) in [6, 6.07) is 17.1. The van der Waals surface area contributed by atoms with Crippen LogP contribution in [0.1, 0.15) is 19.8 Å². The average molecular weight is 605 g/mol. The minimum Gasteiger partial charge on any atom is -0.461 e. The van der Waals surface area contributed by atoms with Gasteiger partial charge in [0.05, 0.1) is 16.8 Å². The zero-order chi connectivity index (χ0) is 29.7. The highest BCUT2D eigenvalue weighted by Crippen LogP contribution is 2.31. The van der Waals surface area contributed by atoms with Gasteiger partial charge in [0.1, 0.15) is 11.6 Å². The number of ether oxygens (including phenoxy) is 1. The lowest BCUT2D eigenvalue weighted by molar-refractivity contribution is 0.299. The molecule has 2 aromatic carbocycles. The van der Waals surface area contributed by atoms with Crippen molar-refractivity contribution in [1.82, 2.24) is 35.9 Å². The van der Waals surface area contributed by atoms with Crippen molar-refractivity contribution in [2.24, 2.45) is 0 Å². The van der Waals surface area contributed by atoms with E-state index < -0.39 is 0 Å². The van der Waals surface area contributed by atoms with Crippen LogP contribution in [0.15, 0.2) is 48.5 Å². The number of nitrogens with one attached hydrogen (secondary N) is 4. The number of fused-ring (bicyclic) bond motifs is 1. The Labute approximate surface area is 258 Å². The Morgan fingerprint density at radius 2 is 1.60 bits per heavy atom. The first-order valence-corrected chi connectivity index (χ1v) is 16.2. The van der Waals surface area contributed by atoms with Gasteiger partial charge in [-0.15, -0.1) is 11.3 Å². The summed E-state index contributed by atoms with van der Waals surface area (Å²) < 4.78 is 7.33. The first-order chi connectivity index (χ1) is 21.2. The van der Waals surface area contributed by atoms with Crippen LogP contribution in [0.5, 0.6) is 6.01 Å². The van der Waals surface area contributed by atoms with Gasteiger partial charge >= 0.3 is 6.01 Å². The van der Waals surface area contributed by atoms with Crippen LogP contribution in [0.2, 0.25) is 0 Å². The van der Waals surface area contributed by atoms with Crippen LogP contribution >= 0.6 is 11.3 Å². The van der Waals surface area contributed by atoms with Gasteiger partial charge in [-0.3, -0.25) is 0 Å². The van der Waals surface area contributed by atoms with Crippen LogP contribution in [0.3, 0.4) is 0 Å². The Morgan fingerprint density at radius 3 is 2.33 bits per heavy atom. The Balaban J connectivity index is 1.21. The van der Waals surface area contributed by atoms with Gasteiger partial charge in [-0.25, -0.2) is 4.98 Å². The molecule has 11 nitrogen and oxygen atoms in total. The largest absolute Gasteiger partial charge is 0.461 e. The predicted octanol–water partition coefficient (Wildman–Crippen LogP) is 3.46. The van der Waals surface area contributed by atoms with E-state index in [1.54, 1.807) is 11.3 Å². The molecule has 43 heavy (non-hydrogen) atoms. The highest BCUT2D eigenvalue weighted by atomic mass is 32.1. The molecule has 0 amide bonds. The van der Waals surface area contributed by atoms with Gasteiger partial charge in [-0.1, -0.05) is 25.5 Å². The molecule has 230 valence electrons. The third-order valence-corrected chi connectivity index (χ3v) is 8.37. The van der Waals surface area contributed by atoms with Crippen LogP contribution in [-0.4, -0.2) is 99.0 Å². The van der Waals surface area contributed by atoms with E-state index >= 15 is 0 Å². The second kappa shape index (κ2) is 16.3. The minimum absolute atomic E-state index is 0.347. The summed E-state index contributed by atoms with van der Waals surface area (Å²) in [5.41, 5.74) is 3.28. The third-order valence-electron chi connectivity index (χ3n) is 7.28. The SMILES string of the molecule is CCCCNc1nc(OCCN(C)c2ccc(-c3nc4ccccc4s3)cc2)nc(N2CCNCCNCCNCC2)n1. The lowest BCUT2D eigenvalue weighted by atomic mass is 10.2. The highest BCUT2D eigenvalue weighted by Gasteiger charge is 2.15. The molecule has 3 heterocycles. The monoisotopic (exact) mass is 604 g/mol. The van der Waals surface area contributed by atoms with E-state index in [2.05, 4.69) is 92.5 Å². The fourth-order valence-corrected chi connectivity index (χ4v) is 5.70. The van der Waals surface area contributed by atoms with E-state index in [1.165, 1.54) is 4.70 Å². The molecule has 0 radical (unpaired) electrons. The van der Waals surface area contributed by atoms with Gasteiger partial charge < -0.3 is 35.8 Å². The molecule has 2 aromatic heterocycles. The number of benzene rings is 2. The van der Waals surface area contributed by atoms with Crippen LogP contribution in [0.25, 0.3) is 20.8 Å². The zero-order valence-corrected chi connectivity index (χ0v) is 26.1. The maximum absolute atomic E-state index is 6.12. The number of rotatable bonds is 11. The molecule has 1 aliphatic rings. The number of hydrogen-bond donors (Lipinski definition) is 4. The van der Waals surface area contributed by atoms with E-state index in [0.717, 1.165) is 93.5 Å². The van der Waals surface area contributed by atoms with Crippen molar-refractivity contribution in [2.45, 2.75) is 19.8 Å². The maximum Gasteiger partial charge on any atom is 0.323 e. The van der Waals surface area contributed by atoms with Crippen molar-refractivity contribution in [3.63, 3.8) is 0 Å². The molecule has 12 heteroatoms. The number of para-hydroxylation sites is 1. The molecule has 0 spiro atoms. The van der Waals surface area contributed by atoms with E-state index in [-0.39, 0.29) is 0 Å². The number of hydrogen-bond acceptors (Lipinski definition) is 12. The van der Waals surface area contributed by atoms with Crippen molar-refractivity contribution in [2.75, 3.05) is 94.2 Å². The Kier molecular flexibility index (Phi) is 11.7. The van der Waals surface area contributed by atoms with Crippen molar-refractivity contribution in [3.05, 3.63) is 48.5 Å². The molecule has 1 saturated heterocycles. The number of nitrogens with zero attached hydrogens (tertiary/aromatic N) is 6. The van der Waals surface area contributed by atoms with Gasteiger partial charge in [0.15, 0.2) is 0 Å². The lowest BCUT2D eigenvalue weighted by Gasteiger charge is -2.24. The zero-order valence-electron chi connectivity index (χ0n) is 25.3. The summed E-state index contributed by atoms with van der Waals surface area (Å²) in [7, 11) is 2.07. The third kappa shape index (κ3) is 9.20. The molecule has 0 atom stereocenters. The van der Waals surface area contributed by atoms with Crippen molar-refractivity contribution in [3.8, 4) is 16.6 Å². The molecule has 0 aliphatic carbocycles. The minimum atomic E-state index is 0.347. The van der Waals surface area contributed by atoms with Crippen LogP contribution in [0, 0.1) is 0 Å². The molecular formula is C31H44N10OS. The number of aromatic nitrogens is 4. The fraction of sp³-hybridized carbons (Fsp3) is 0.484. The maximum atomic E-state index is 6.12. The average Bonchev–Trinajstić information content (AvgIpc) is 3.46. The Hall–Kier alpha value is -3.58. The Bertz CT molecular complexity index is 1350. The lowest BCUT2D eigenvalue weighted by Crippen LogP contribution is -2.42. The number of thiazole rings is 1. The van der Waals surface area contributed by atoms with E-state index in [9.17, 15) is 0 Å². The second-order valence-electron chi connectivity index (χ2n) is 10.6. The fourth-order valence-electron chi connectivity index (χ4n) is 4.73. The van der Waals surface area contributed by atoms with Gasteiger partial charge in [0, 0.05) is 77.2 Å². The van der Waals surface area contributed by atoms with Crippen molar-refractivity contribution < 1.29 is 4.74 Å². The smallest absolute Gasteiger partial charge is 0.323 e. The quantitative estimate of drug-likeness (QED) is 0.189. The second-order valence-corrected chi connectivity index (χ2v) is 11.6. The predicted molar refractivity (Wildman–Crippen MR) is 178 cm³/mol. The first-order valence-electron chi connectivity index (χ1n) is 15.4. The van der Waals surface area contributed by atoms with Gasteiger partial charge in [-0.2, -0.15) is 15.0 Å². The number of likely N-dealkylation sites (N-methyl/N-ethyl adjacent to an activating group) is 1. The number of unbranched alkanes of at least 4 members (excludes halogenated alkanes) is 1.